The number of pyridine rings is 1. The minimum Gasteiger partial charge on any atom is -0.281 e. The molecule has 0 radical (unpaired) electrons. The van der Waals surface area contributed by atoms with Crippen molar-refractivity contribution in [2.75, 3.05) is 0 Å². The number of fused-ring (bicyclic) bond motifs is 1. The number of thioether (sulfide) groups is 1. The number of hydrogen-bond acceptors (Lipinski definition) is 3. The van der Waals surface area contributed by atoms with E-state index in [1.165, 1.54) is 17.3 Å². The predicted molar refractivity (Wildman–Crippen MR) is 97.1 cm³/mol. The van der Waals surface area contributed by atoms with E-state index in [1.54, 1.807) is 0 Å². The molecule has 0 saturated carbocycles. The summed E-state index contributed by atoms with van der Waals surface area (Å²) in [5.41, 5.74) is 2.93. The molecular formula is C20H19NOS. The summed E-state index contributed by atoms with van der Waals surface area (Å²) in [5, 5.41) is 1.83. The molecule has 3 rings (SSSR count). The molecule has 0 saturated heterocycles. The van der Waals surface area contributed by atoms with Crippen LogP contribution in [0.1, 0.15) is 36.7 Å². The first-order chi connectivity index (χ1) is 10.9. The Morgan fingerprint density at radius 1 is 0.913 bits per heavy atom. The van der Waals surface area contributed by atoms with Crippen LogP contribution in [0.5, 0.6) is 0 Å². The summed E-state index contributed by atoms with van der Waals surface area (Å²) in [6, 6.07) is 19.7. The fourth-order valence-electron chi connectivity index (χ4n) is 2.36. The summed E-state index contributed by atoms with van der Waals surface area (Å²) in [5.74, 6) is 0. The smallest absolute Gasteiger partial charge is 0.225 e. The van der Waals surface area contributed by atoms with Gasteiger partial charge in [-0.2, -0.15) is 0 Å². The molecule has 116 valence electrons. The molecule has 0 N–H and O–H groups in total. The number of hydrogen-bond donors (Lipinski definition) is 0. The summed E-state index contributed by atoms with van der Waals surface area (Å²) < 4.78 is 0. The van der Waals surface area contributed by atoms with Gasteiger partial charge in [0.15, 0.2) is 0 Å². The van der Waals surface area contributed by atoms with Crippen LogP contribution in [-0.4, -0.2) is 10.1 Å². The second-order valence-corrected chi connectivity index (χ2v) is 7.55. The summed E-state index contributed by atoms with van der Waals surface area (Å²) >= 11 is 1.17. The third-order valence-corrected chi connectivity index (χ3v) is 4.61. The van der Waals surface area contributed by atoms with Crippen molar-refractivity contribution in [3.8, 4) is 0 Å². The van der Waals surface area contributed by atoms with E-state index < -0.39 is 0 Å². The van der Waals surface area contributed by atoms with E-state index in [9.17, 15) is 4.79 Å². The van der Waals surface area contributed by atoms with Crippen molar-refractivity contribution in [3.63, 3.8) is 0 Å². The fourth-order valence-corrected chi connectivity index (χ4v) is 3.09. The number of aromatic nitrogens is 1. The Balaban J connectivity index is 1.80. The summed E-state index contributed by atoms with van der Waals surface area (Å²) in [7, 11) is 0. The lowest BCUT2D eigenvalue weighted by Crippen LogP contribution is -2.11. The van der Waals surface area contributed by atoms with Gasteiger partial charge in [-0.25, -0.2) is 4.98 Å². The SMILES string of the molecule is CC(C)(C)c1ccc(C(=O)Sc2ccc3ccccc3n2)cc1. The Morgan fingerprint density at radius 2 is 1.61 bits per heavy atom. The Kier molecular flexibility index (Phi) is 4.22. The van der Waals surface area contributed by atoms with Gasteiger partial charge in [0.05, 0.1) is 5.52 Å². The summed E-state index contributed by atoms with van der Waals surface area (Å²) in [6.45, 7) is 6.49. The highest BCUT2D eigenvalue weighted by Gasteiger charge is 2.15. The molecule has 0 aliphatic rings. The lowest BCUT2D eigenvalue weighted by Gasteiger charge is -2.18. The minimum atomic E-state index is 0.0215. The van der Waals surface area contributed by atoms with Gasteiger partial charge in [-0.1, -0.05) is 69.3 Å². The van der Waals surface area contributed by atoms with Gasteiger partial charge in [-0.3, -0.25) is 4.79 Å². The molecule has 0 aliphatic heterocycles. The first kappa shape index (κ1) is 15.8. The van der Waals surface area contributed by atoms with E-state index in [-0.39, 0.29) is 10.5 Å². The Morgan fingerprint density at radius 3 is 2.30 bits per heavy atom. The lowest BCUT2D eigenvalue weighted by molar-refractivity contribution is 0.108. The molecule has 3 aromatic rings. The zero-order valence-electron chi connectivity index (χ0n) is 13.5. The molecule has 2 aromatic carbocycles. The molecule has 23 heavy (non-hydrogen) atoms. The first-order valence-corrected chi connectivity index (χ1v) is 8.44. The van der Waals surface area contributed by atoms with E-state index >= 15 is 0 Å². The molecule has 0 unspecified atom stereocenters. The quantitative estimate of drug-likeness (QED) is 0.587. The molecule has 1 heterocycles. The lowest BCUT2D eigenvalue weighted by atomic mass is 9.87. The van der Waals surface area contributed by atoms with E-state index in [0.29, 0.717) is 5.56 Å². The standard InChI is InChI=1S/C20H19NOS/c1-20(2,3)16-11-8-15(9-12-16)19(22)23-18-13-10-14-6-4-5-7-17(14)21-18/h4-13H,1-3H3. The van der Waals surface area contributed by atoms with E-state index in [4.69, 9.17) is 0 Å². The zero-order chi connectivity index (χ0) is 16.4. The Labute approximate surface area is 140 Å². The van der Waals surface area contributed by atoms with Gasteiger partial charge in [0.1, 0.15) is 5.03 Å². The second-order valence-electron chi connectivity index (χ2n) is 6.56. The average molecular weight is 321 g/mol. The molecule has 0 amide bonds. The van der Waals surface area contributed by atoms with Crippen LogP contribution in [0, 0.1) is 0 Å². The molecule has 2 nitrogen and oxygen atoms in total. The van der Waals surface area contributed by atoms with E-state index in [0.717, 1.165) is 15.9 Å². The highest BCUT2D eigenvalue weighted by Crippen LogP contribution is 2.26. The van der Waals surface area contributed by atoms with Crippen LogP contribution in [0.3, 0.4) is 0 Å². The maximum atomic E-state index is 12.4. The van der Waals surface area contributed by atoms with Gasteiger partial charge < -0.3 is 0 Å². The predicted octanol–water partition coefficient (Wildman–Crippen LogP) is 5.46. The third-order valence-electron chi connectivity index (χ3n) is 3.76. The van der Waals surface area contributed by atoms with Crippen LogP contribution in [0.15, 0.2) is 65.7 Å². The molecule has 1 aromatic heterocycles. The van der Waals surface area contributed by atoms with Gasteiger partial charge in [-0.05, 0) is 34.9 Å². The van der Waals surface area contributed by atoms with Crippen LogP contribution in [0.25, 0.3) is 10.9 Å². The molecule has 0 atom stereocenters. The number of nitrogens with zero attached hydrogens (tertiary/aromatic N) is 1. The normalized spacial score (nSPS) is 11.6. The van der Waals surface area contributed by atoms with Crippen LogP contribution < -0.4 is 0 Å². The largest absolute Gasteiger partial charge is 0.281 e. The van der Waals surface area contributed by atoms with Crippen LogP contribution >= 0.6 is 11.8 Å². The molecular weight excluding hydrogens is 302 g/mol. The number of benzene rings is 2. The molecule has 0 aliphatic carbocycles. The second kappa shape index (κ2) is 6.17. The number of carbonyl (C=O) groups excluding carboxylic acids is 1. The van der Waals surface area contributed by atoms with Gasteiger partial charge in [-0.15, -0.1) is 0 Å². The van der Waals surface area contributed by atoms with Crippen LogP contribution in [0.2, 0.25) is 0 Å². The van der Waals surface area contributed by atoms with Crippen molar-refractivity contribution < 1.29 is 4.79 Å². The van der Waals surface area contributed by atoms with Crippen molar-refractivity contribution in [1.29, 1.82) is 0 Å². The van der Waals surface area contributed by atoms with Gasteiger partial charge >= 0.3 is 0 Å². The summed E-state index contributed by atoms with van der Waals surface area (Å²) in [6.07, 6.45) is 0. The molecule has 3 heteroatoms. The molecule has 0 fully saturated rings. The van der Waals surface area contributed by atoms with E-state index in [2.05, 4.69) is 25.8 Å². The third kappa shape index (κ3) is 3.62. The fraction of sp³-hybridized carbons (Fsp3) is 0.200. The average Bonchev–Trinajstić information content (AvgIpc) is 2.54. The minimum absolute atomic E-state index is 0.0215. The Hall–Kier alpha value is -2.13. The van der Waals surface area contributed by atoms with Gasteiger partial charge in [0.2, 0.25) is 5.12 Å². The van der Waals surface area contributed by atoms with Crippen molar-refractivity contribution in [2.45, 2.75) is 31.2 Å². The van der Waals surface area contributed by atoms with Crippen molar-refractivity contribution in [2.24, 2.45) is 0 Å². The van der Waals surface area contributed by atoms with E-state index in [1.807, 2.05) is 60.7 Å². The van der Waals surface area contributed by atoms with Crippen molar-refractivity contribution in [1.82, 2.24) is 4.98 Å². The van der Waals surface area contributed by atoms with Gasteiger partial charge in [0, 0.05) is 10.9 Å². The highest BCUT2D eigenvalue weighted by molar-refractivity contribution is 8.14. The van der Waals surface area contributed by atoms with Gasteiger partial charge in [0.25, 0.3) is 0 Å². The molecule has 0 bridgehead atoms. The number of carbonyl (C=O) groups is 1. The topological polar surface area (TPSA) is 30.0 Å². The Bertz CT molecular complexity index is 847. The van der Waals surface area contributed by atoms with Crippen molar-refractivity contribution >= 4 is 27.8 Å². The summed E-state index contributed by atoms with van der Waals surface area (Å²) in [4.78, 5) is 17.0. The van der Waals surface area contributed by atoms with Crippen LogP contribution in [0.4, 0.5) is 0 Å². The zero-order valence-corrected chi connectivity index (χ0v) is 14.4. The monoisotopic (exact) mass is 321 g/mol. The maximum Gasteiger partial charge on any atom is 0.225 e. The van der Waals surface area contributed by atoms with Crippen molar-refractivity contribution in [3.05, 3.63) is 71.8 Å². The van der Waals surface area contributed by atoms with Crippen LogP contribution in [-0.2, 0) is 5.41 Å². The molecule has 0 spiro atoms. The maximum absolute atomic E-state index is 12.4. The number of rotatable bonds is 2. The number of para-hydroxylation sites is 1. The first-order valence-electron chi connectivity index (χ1n) is 7.62. The highest BCUT2D eigenvalue weighted by atomic mass is 32.2.